The molecule has 0 bridgehead atoms. The summed E-state index contributed by atoms with van der Waals surface area (Å²) in [5, 5.41) is 3.36. The lowest BCUT2D eigenvalue weighted by Crippen LogP contribution is -2.30. The van der Waals surface area contributed by atoms with Crippen molar-refractivity contribution in [2.75, 3.05) is 31.2 Å². The highest BCUT2D eigenvalue weighted by atomic mass is 16.5. The van der Waals surface area contributed by atoms with E-state index in [1.807, 2.05) is 6.08 Å². The van der Waals surface area contributed by atoms with Gasteiger partial charge < -0.3 is 21.5 Å². The zero-order valence-corrected chi connectivity index (χ0v) is 11.5. The van der Waals surface area contributed by atoms with E-state index < -0.39 is 0 Å². The molecule has 1 aromatic rings. The molecule has 5 N–H and O–H groups in total. The van der Waals surface area contributed by atoms with Crippen LogP contribution in [0.15, 0.2) is 6.08 Å². The Morgan fingerprint density at radius 1 is 1.25 bits per heavy atom. The van der Waals surface area contributed by atoms with Crippen LogP contribution in [0.25, 0.3) is 6.08 Å². The summed E-state index contributed by atoms with van der Waals surface area (Å²) in [6.07, 6.45) is 7.10. The first-order valence-corrected chi connectivity index (χ1v) is 7.16. The van der Waals surface area contributed by atoms with Gasteiger partial charge in [-0.1, -0.05) is 6.08 Å². The summed E-state index contributed by atoms with van der Waals surface area (Å²) in [5.41, 5.74) is 13.3. The molecule has 1 fully saturated rings. The molecule has 1 aliphatic carbocycles. The molecule has 1 atom stereocenters. The molecule has 2 aliphatic rings. The summed E-state index contributed by atoms with van der Waals surface area (Å²) in [7, 11) is 0. The molecule has 1 aliphatic heterocycles. The molecular formula is C14H21N5O. The first kappa shape index (κ1) is 13.3. The van der Waals surface area contributed by atoms with Gasteiger partial charge in [0.05, 0.1) is 18.4 Å². The predicted molar refractivity (Wildman–Crippen MR) is 78.8 cm³/mol. The second-order valence-corrected chi connectivity index (χ2v) is 5.42. The maximum atomic E-state index is 6.09. The van der Waals surface area contributed by atoms with Crippen molar-refractivity contribution in [3.05, 3.63) is 17.3 Å². The second-order valence-electron chi connectivity index (χ2n) is 5.42. The number of nitrogens with one attached hydrogen (secondary N) is 1. The lowest BCUT2D eigenvalue weighted by Gasteiger charge is -2.27. The predicted octanol–water partition coefficient (Wildman–Crippen LogP) is 1.12. The molecule has 3 rings (SSSR count). The van der Waals surface area contributed by atoms with E-state index >= 15 is 0 Å². The van der Waals surface area contributed by atoms with Crippen LogP contribution in [-0.4, -0.2) is 29.7 Å². The summed E-state index contributed by atoms with van der Waals surface area (Å²) in [5.74, 6) is 1.28. The van der Waals surface area contributed by atoms with Gasteiger partial charge in [0.15, 0.2) is 0 Å². The molecule has 0 spiro atoms. The van der Waals surface area contributed by atoms with E-state index in [0.717, 1.165) is 37.4 Å². The Kier molecular flexibility index (Phi) is 3.84. The average molecular weight is 275 g/mol. The van der Waals surface area contributed by atoms with Crippen LogP contribution in [0.1, 0.15) is 36.6 Å². The molecule has 6 nitrogen and oxygen atoms in total. The smallest absolute Gasteiger partial charge is 0.222 e. The van der Waals surface area contributed by atoms with Gasteiger partial charge in [-0.3, -0.25) is 0 Å². The van der Waals surface area contributed by atoms with E-state index in [2.05, 4.69) is 21.4 Å². The van der Waals surface area contributed by atoms with Gasteiger partial charge in [-0.25, -0.2) is 4.98 Å². The van der Waals surface area contributed by atoms with Gasteiger partial charge in [0.2, 0.25) is 5.95 Å². The minimum atomic E-state index is -0.0505. The van der Waals surface area contributed by atoms with Crippen LogP contribution >= 0.6 is 0 Å². The van der Waals surface area contributed by atoms with E-state index in [4.69, 9.17) is 16.2 Å². The lowest BCUT2D eigenvalue weighted by atomic mass is 9.97. The summed E-state index contributed by atoms with van der Waals surface area (Å²) >= 11 is 0. The van der Waals surface area contributed by atoms with E-state index in [1.54, 1.807) is 0 Å². The molecule has 1 saturated heterocycles. The molecule has 20 heavy (non-hydrogen) atoms. The number of hydrogen-bond donors (Lipinski definition) is 3. The van der Waals surface area contributed by atoms with Gasteiger partial charge >= 0.3 is 0 Å². The fraction of sp³-hybridized carbons (Fsp3) is 0.571. The first-order chi connectivity index (χ1) is 9.74. The minimum Gasteiger partial charge on any atom is -0.383 e. The van der Waals surface area contributed by atoms with E-state index in [1.165, 1.54) is 12.8 Å². The van der Waals surface area contributed by atoms with Crippen LogP contribution in [0.3, 0.4) is 0 Å². The highest BCUT2D eigenvalue weighted by molar-refractivity contribution is 5.61. The van der Waals surface area contributed by atoms with E-state index in [0.29, 0.717) is 11.7 Å². The molecular weight excluding hydrogens is 254 g/mol. The summed E-state index contributed by atoms with van der Waals surface area (Å²) in [4.78, 5) is 8.28. The van der Waals surface area contributed by atoms with E-state index in [-0.39, 0.29) is 12.1 Å². The third-order valence-electron chi connectivity index (χ3n) is 3.96. The van der Waals surface area contributed by atoms with Crippen LogP contribution in [0.4, 0.5) is 11.8 Å². The van der Waals surface area contributed by atoms with Crippen LogP contribution in [0.5, 0.6) is 0 Å². The molecule has 0 radical (unpaired) electrons. The normalized spacial score (nSPS) is 22.7. The lowest BCUT2D eigenvalue weighted by molar-refractivity contribution is 0.0223. The quantitative estimate of drug-likeness (QED) is 0.764. The highest BCUT2D eigenvalue weighted by Gasteiger charge is 2.24. The monoisotopic (exact) mass is 275 g/mol. The molecule has 108 valence electrons. The number of anilines is 2. The third-order valence-corrected chi connectivity index (χ3v) is 3.96. The number of aromatic nitrogens is 2. The summed E-state index contributed by atoms with van der Waals surface area (Å²) < 4.78 is 6.09. The minimum absolute atomic E-state index is 0.0505. The number of hydrogen-bond acceptors (Lipinski definition) is 6. The third kappa shape index (κ3) is 2.76. The Balaban J connectivity index is 1.71. The van der Waals surface area contributed by atoms with Gasteiger partial charge in [-0.2, -0.15) is 4.98 Å². The van der Waals surface area contributed by atoms with Crippen molar-refractivity contribution in [2.24, 2.45) is 5.92 Å². The Morgan fingerprint density at radius 2 is 2.05 bits per heavy atom. The fourth-order valence-electron chi connectivity index (χ4n) is 2.85. The Labute approximate surface area is 118 Å². The SMILES string of the molecule is Nc1nc(N)c2c(n1)C=CCC2OCC1CCNCC1. The second kappa shape index (κ2) is 5.76. The zero-order valence-electron chi connectivity index (χ0n) is 11.5. The largest absolute Gasteiger partial charge is 0.383 e. The molecule has 6 heteroatoms. The highest BCUT2D eigenvalue weighted by Crippen LogP contribution is 2.34. The molecule has 0 saturated carbocycles. The molecule has 0 aromatic carbocycles. The van der Waals surface area contributed by atoms with Crippen LogP contribution in [-0.2, 0) is 4.74 Å². The van der Waals surface area contributed by atoms with Gasteiger partial charge in [-0.05, 0) is 44.3 Å². The molecule has 1 aromatic heterocycles. The van der Waals surface area contributed by atoms with Gasteiger partial charge in [-0.15, -0.1) is 0 Å². The molecule has 0 amide bonds. The fourth-order valence-corrected chi connectivity index (χ4v) is 2.85. The maximum absolute atomic E-state index is 6.09. The van der Waals surface area contributed by atoms with Crippen molar-refractivity contribution in [3.8, 4) is 0 Å². The van der Waals surface area contributed by atoms with E-state index in [9.17, 15) is 0 Å². The number of ether oxygens (including phenoxy) is 1. The molecule has 2 heterocycles. The maximum Gasteiger partial charge on any atom is 0.222 e. The van der Waals surface area contributed by atoms with Crippen LogP contribution in [0.2, 0.25) is 0 Å². The summed E-state index contributed by atoms with van der Waals surface area (Å²) in [6, 6.07) is 0. The van der Waals surface area contributed by atoms with Crippen LogP contribution < -0.4 is 16.8 Å². The Morgan fingerprint density at radius 3 is 2.85 bits per heavy atom. The topological polar surface area (TPSA) is 99.1 Å². The number of nitrogen functional groups attached to an aromatic ring is 2. The number of piperidine rings is 1. The summed E-state index contributed by atoms with van der Waals surface area (Å²) in [6.45, 7) is 2.93. The standard InChI is InChI=1S/C14H21N5O/c15-13-12-10(18-14(16)19-13)2-1-3-11(12)20-8-9-4-6-17-7-5-9/h1-2,9,11,17H,3-8H2,(H4,15,16,18,19). The van der Waals surface area contributed by atoms with Crippen molar-refractivity contribution < 1.29 is 4.74 Å². The van der Waals surface area contributed by atoms with Crippen molar-refractivity contribution in [1.82, 2.24) is 15.3 Å². The average Bonchev–Trinajstić information content (AvgIpc) is 2.45. The number of rotatable bonds is 3. The first-order valence-electron chi connectivity index (χ1n) is 7.16. The number of nitrogens with zero attached hydrogens (tertiary/aromatic N) is 2. The molecule has 1 unspecified atom stereocenters. The Bertz CT molecular complexity index is 511. The number of nitrogens with two attached hydrogens (primary N) is 2. The van der Waals surface area contributed by atoms with Crippen molar-refractivity contribution in [3.63, 3.8) is 0 Å². The van der Waals surface area contributed by atoms with Crippen molar-refractivity contribution in [1.29, 1.82) is 0 Å². The van der Waals surface area contributed by atoms with Gasteiger partial charge in [0.1, 0.15) is 5.82 Å². The zero-order chi connectivity index (χ0) is 13.9. The van der Waals surface area contributed by atoms with Gasteiger partial charge in [0.25, 0.3) is 0 Å². The number of fused-ring (bicyclic) bond motifs is 1. The van der Waals surface area contributed by atoms with Crippen molar-refractivity contribution in [2.45, 2.75) is 25.4 Å². The van der Waals surface area contributed by atoms with Crippen LogP contribution in [0, 0.1) is 5.92 Å². The van der Waals surface area contributed by atoms with Gasteiger partial charge in [0, 0.05) is 5.56 Å². The Hall–Kier alpha value is -1.66. The van der Waals surface area contributed by atoms with Crippen molar-refractivity contribution >= 4 is 17.8 Å².